The molecule has 11 heteroatoms. The summed E-state index contributed by atoms with van der Waals surface area (Å²) < 4.78 is 49.3. The van der Waals surface area contributed by atoms with Crippen LogP contribution >= 0.6 is 23.2 Å². The Kier molecular flexibility index (Phi) is 6.63. The largest absolute Gasteiger partial charge is 0.495 e. The normalized spacial score (nSPS) is 11.0. The molecule has 0 radical (unpaired) electrons. The van der Waals surface area contributed by atoms with Crippen LogP contribution in [0.5, 0.6) is 11.5 Å². The molecular formula is C17H13Cl2F3N2O4. The van der Waals surface area contributed by atoms with Crippen LogP contribution in [0.3, 0.4) is 0 Å². The van der Waals surface area contributed by atoms with Gasteiger partial charge in [0.2, 0.25) is 0 Å². The first-order chi connectivity index (χ1) is 13.1. The molecule has 2 amide bonds. The molecule has 0 atom stereocenters. The third-order valence-electron chi connectivity index (χ3n) is 3.46. The van der Waals surface area contributed by atoms with Crippen molar-refractivity contribution in [2.45, 2.75) is 6.18 Å². The standard InChI is InChI=1S/C17H13Cl2F3N2O4/c1-27-13-7-12(14(28-2)6-10(13)19)24-16(26)15(25)23-11-4-3-8(18)5-9(11)17(20,21)22/h3-7H,1-2H3,(H,23,25)(H,24,26). The van der Waals surface area contributed by atoms with E-state index in [1.54, 1.807) is 0 Å². The first-order valence-electron chi connectivity index (χ1n) is 7.47. The minimum Gasteiger partial charge on any atom is -0.495 e. The van der Waals surface area contributed by atoms with Gasteiger partial charge in [0.25, 0.3) is 0 Å². The molecular weight excluding hydrogens is 424 g/mol. The highest BCUT2D eigenvalue weighted by Gasteiger charge is 2.34. The fraction of sp³-hybridized carbons (Fsp3) is 0.176. The summed E-state index contributed by atoms with van der Waals surface area (Å²) in [5.74, 6) is -2.25. The van der Waals surface area contributed by atoms with Crippen molar-refractivity contribution < 1.29 is 32.2 Å². The lowest BCUT2D eigenvalue weighted by atomic mass is 10.1. The van der Waals surface area contributed by atoms with E-state index in [1.165, 1.54) is 26.4 Å². The summed E-state index contributed by atoms with van der Waals surface area (Å²) in [5, 5.41) is 4.16. The van der Waals surface area contributed by atoms with Gasteiger partial charge in [0.1, 0.15) is 11.5 Å². The smallest absolute Gasteiger partial charge is 0.418 e. The number of halogens is 5. The van der Waals surface area contributed by atoms with E-state index in [1.807, 2.05) is 5.32 Å². The Morgan fingerprint density at radius 1 is 0.893 bits per heavy atom. The molecule has 0 heterocycles. The number of rotatable bonds is 4. The van der Waals surface area contributed by atoms with Crippen LogP contribution in [0, 0.1) is 0 Å². The maximum Gasteiger partial charge on any atom is 0.418 e. The Labute approximate surface area is 167 Å². The van der Waals surface area contributed by atoms with Crippen molar-refractivity contribution in [2.24, 2.45) is 0 Å². The first kappa shape index (κ1) is 21.6. The third-order valence-corrected chi connectivity index (χ3v) is 3.99. The van der Waals surface area contributed by atoms with Gasteiger partial charge in [0.15, 0.2) is 0 Å². The molecule has 28 heavy (non-hydrogen) atoms. The van der Waals surface area contributed by atoms with Crippen LogP contribution in [0.15, 0.2) is 30.3 Å². The summed E-state index contributed by atoms with van der Waals surface area (Å²) in [6.45, 7) is 0. The monoisotopic (exact) mass is 436 g/mol. The van der Waals surface area contributed by atoms with Gasteiger partial charge in [-0.2, -0.15) is 13.2 Å². The van der Waals surface area contributed by atoms with Crippen molar-refractivity contribution in [2.75, 3.05) is 24.9 Å². The Morgan fingerprint density at radius 2 is 1.46 bits per heavy atom. The second-order valence-corrected chi connectivity index (χ2v) is 6.13. The van der Waals surface area contributed by atoms with E-state index < -0.39 is 29.2 Å². The molecule has 6 nitrogen and oxygen atoms in total. The molecule has 0 aliphatic rings. The minimum atomic E-state index is -4.78. The highest BCUT2D eigenvalue weighted by atomic mass is 35.5. The van der Waals surface area contributed by atoms with E-state index in [0.717, 1.165) is 12.1 Å². The van der Waals surface area contributed by atoms with Crippen molar-refractivity contribution in [1.82, 2.24) is 0 Å². The number of methoxy groups -OCH3 is 2. The zero-order valence-corrected chi connectivity index (χ0v) is 15.9. The van der Waals surface area contributed by atoms with Crippen LogP contribution in [-0.4, -0.2) is 26.0 Å². The number of hydrogen-bond donors (Lipinski definition) is 2. The number of anilines is 2. The molecule has 0 aliphatic carbocycles. The molecule has 2 N–H and O–H groups in total. The number of amides is 2. The Balaban J connectivity index is 2.25. The van der Waals surface area contributed by atoms with Crippen molar-refractivity contribution in [3.63, 3.8) is 0 Å². The van der Waals surface area contributed by atoms with Gasteiger partial charge in [0, 0.05) is 17.2 Å². The van der Waals surface area contributed by atoms with Crippen molar-refractivity contribution in [3.8, 4) is 11.5 Å². The molecule has 0 fully saturated rings. The zero-order valence-electron chi connectivity index (χ0n) is 14.4. The fourth-order valence-electron chi connectivity index (χ4n) is 2.18. The highest BCUT2D eigenvalue weighted by Crippen LogP contribution is 2.37. The SMILES string of the molecule is COc1cc(NC(=O)C(=O)Nc2ccc(Cl)cc2C(F)(F)F)c(OC)cc1Cl. The predicted molar refractivity (Wildman–Crippen MR) is 98.3 cm³/mol. The molecule has 2 rings (SSSR count). The lowest BCUT2D eigenvalue weighted by Crippen LogP contribution is -2.30. The molecule has 0 spiro atoms. The topological polar surface area (TPSA) is 76.7 Å². The molecule has 0 unspecified atom stereocenters. The number of carbonyl (C=O) groups excluding carboxylic acids is 2. The summed E-state index contributed by atoms with van der Waals surface area (Å²) in [6.07, 6.45) is -4.78. The van der Waals surface area contributed by atoms with Gasteiger partial charge in [0.05, 0.1) is 36.2 Å². The average Bonchev–Trinajstić information content (AvgIpc) is 2.63. The molecule has 0 saturated carbocycles. The number of nitrogens with one attached hydrogen (secondary N) is 2. The Hall–Kier alpha value is -2.65. The van der Waals surface area contributed by atoms with Crippen LogP contribution < -0.4 is 20.1 Å². The van der Waals surface area contributed by atoms with Crippen LogP contribution in [-0.2, 0) is 15.8 Å². The molecule has 150 valence electrons. The molecule has 0 aliphatic heterocycles. The summed E-state index contributed by atoms with van der Waals surface area (Å²) in [4.78, 5) is 24.2. The van der Waals surface area contributed by atoms with E-state index in [2.05, 4.69) is 5.32 Å². The van der Waals surface area contributed by atoms with E-state index >= 15 is 0 Å². The number of alkyl halides is 3. The molecule has 0 aromatic heterocycles. The fourth-order valence-corrected chi connectivity index (χ4v) is 2.58. The van der Waals surface area contributed by atoms with Gasteiger partial charge in [-0.1, -0.05) is 23.2 Å². The van der Waals surface area contributed by atoms with Gasteiger partial charge in [-0.3, -0.25) is 9.59 Å². The Bertz CT molecular complexity index is 920. The maximum atomic E-state index is 13.1. The second kappa shape index (κ2) is 8.57. The van der Waals surface area contributed by atoms with E-state index in [0.29, 0.717) is 6.07 Å². The number of carbonyl (C=O) groups is 2. The molecule has 2 aromatic rings. The van der Waals surface area contributed by atoms with Crippen molar-refractivity contribution in [3.05, 3.63) is 45.9 Å². The van der Waals surface area contributed by atoms with Crippen molar-refractivity contribution >= 4 is 46.4 Å². The molecule has 0 bridgehead atoms. The highest BCUT2D eigenvalue weighted by molar-refractivity contribution is 6.44. The van der Waals surface area contributed by atoms with Gasteiger partial charge in [-0.05, 0) is 18.2 Å². The van der Waals surface area contributed by atoms with Gasteiger partial charge < -0.3 is 20.1 Å². The minimum absolute atomic E-state index is 0.0380. The van der Waals surface area contributed by atoms with Gasteiger partial charge in [-0.25, -0.2) is 0 Å². The summed E-state index contributed by atoms with van der Waals surface area (Å²) in [6, 6.07) is 5.38. The van der Waals surface area contributed by atoms with E-state index in [4.69, 9.17) is 32.7 Å². The Morgan fingerprint density at radius 3 is 2.00 bits per heavy atom. The number of ether oxygens (including phenoxy) is 2. The lowest BCUT2D eigenvalue weighted by molar-refractivity contribution is -0.137. The van der Waals surface area contributed by atoms with Crippen molar-refractivity contribution in [1.29, 1.82) is 0 Å². The first-order valence-corrected chi connectivity index (χ1v) is 8.23. The quantitative estimate of drug-likeness (QED) is 0.686. The van der Waals surface area contributed by atoms with Crippen LogP contribution in [0.25, 0.3) is 0 Å². The van der Waals surface area contributed by atoms with Gasteiger partial charge >= 0.3 is 18.0 Å². The molecule has 2 aromatic carbocycles. The predicted octanol–water partition coefficient (Wildman–Crippen LogP) is 4.61. The summed E-state index contributed by atoms with van der Waals surface area (Å²) in [5.41, 5.74) is -1.76. The van der Waals surface area contributed by atoms with E-state index in [9.17, 15) is 22.8 Å². The lowest BCUT2D eigenvalue weighted by Gasteiger charge is -2.15. The summed E-state index contributed by atoms with van der Waals surface area (Å²) in [7, 11) is 2.64. The van der Waals surface area contributed by atoms with E-state index in [-0.39, 0.29) is 27.2 Å². The number of hydrogen-bond acceptors (Lipinski definition) is 4. The zero-order chi connectivity index (χ0) is 21.1. The van der Waals surface area contributed by atoms with Gasteiger partial charge in [-0.15, -0.1) is 0 Å². The third kappa shape index (κ3) is 4.99. The second-order valence-electron chi connectivity index (χ2n) is 5.28. The van der Waals surface area contributed by atoms with Crippen LogP contribution in [0.4, 0.5) is 24.5 Å². The van der Waals surface area contributed by atoms with Crippen LogP contribution in [0.1, 0.15) is 5.56 Å². The van der Waals surface area contributed by atoms with Crippen LogP contribution in [0.2, 0.25) is 10.0 Å². The average molecular weight is 437 g/mol. The summed E-state index contributed by atoms with van der Waals surface area (Å²) >= 11 is 11.5. The maximum absolute atomic E-state index is 13.1. The molecule has 0 saturated heterocycles. The number of benzene rings is 2.